The van der Waals surface area contributed by atoms with Gasteiger partial charge in [-0.2, -0.15) is 5.26 Å². The standard InChI is InChI=1S/C12H9NO/c1-9-11(8-13)7-12(14-9)10-5-3-2-4-6-10/h2-7H,1H3. The second kappa shape index (κ2) is 3.39. The zero-order valence-corrected chi connectivity index (χ0v) is 7.82. The van der Waals surface area contributed by atoms with Crippen molar-refractivity contribution < 1.29 is 4.42 Å². The lowest BCUT2D eigenvalue weighted by atomic mass is 10.1. The molecular weight excluding hydrogens is 174 g/mol. The highest BCUT2D eigenvalue weighted by Crippen LogP contribution is 2.24. The molecule has 2 nitrogen and oxygen atoms in total. The molecule has 0 aliphatic carbocycles. The summed E-state index contributed by atoms with van der Waals surface area (Å²) in [5, 5.41) is 8.77. The van der Waals surface area contributed by atoms with Crippen molar-refractivity contribution in [2.75, 3.05) is 0 Å². The van der Waals surface area contributed by atoms with E-state index in [4.69, 9.17) is 9.68 Å². The lowest BCUT2D eigenvalue weighted by Crippen LogP contribution is -1.70. The molecule has 0 saturated heterocycles. The van der Waals surface area contributed by atoms with Crippen LogP contribution >= 0.6 is 0 Å². The molecule has 0 atom stereocenters. The Kier molecular flexibility index (Phi) is 2.08. The summed E-state index contributed by atoms with van der Waals surface area (Å²) in [5.74, 6) is 1.42. The first-order valence-electron chi connectivity index (χ1n) is 4.37. The number of hydrogen-bond donors (Lipinski definition) is 0. The van der Waals surface area contributed by atoms with Gasteiger partial charge in [-0.1, -0.05) is 30.3 Å². The molecule has 0 bridgehead atoms. The molecule has 0 spiro atoms. The number of hydrogen-bond acceptors (Lipinski definition) is 2. The number of nitrogens with zero attached hydrogens (tertiary/aromatic N) is 1. The number of aryl methyl sites for hydroxylation is 1. The van der Waals surface area contributed by atoms with Crippen molar-refractivity contribution in [3.8, 4) is 17.4 Å². The van der Waals surface area contributed by atoms with E-state index < -0.39 is 0 Å². The molecule has 1 aromatic carbocycles. The number of nitriles is 1. The van der Waals surface area contributed by atoms with Crippen LogP contribution in [-0.2, 0) is 0 Å². The van der Waals surface area contributed by atoms with Gasteiger partial charge in [0.05, 0.1) is 5.56 Å². The van der Waals surface area contributed by atoms with Crippen LogP contribution in [0.5, 0.6) is 0 Å². The maximum Gasteiger partial charge on any atom is 0.135 e. The van der Waals surface area contributed by atoms with E-state index in [0.29, 0.717) is 11.3 Å². The molecule has 2 heteroatoms. The Labute approximate surface area is 82.4 Å². The topological polar surface area (TPSA) is 36.9 Å². The zero-order valence-electron chi connectivity index (χ0n) is 7.82. The number of rotatable bonds is 1. The molecule has 0 fully saturated rings. The molecule has 14 heavy (non-hydrogen) atoms. The van der Waals surface area contributed by atoms with Crippen LogP contribution in [0.1, 0.15) is 11.3 Å². The van der Waals surface area contributed by atoms with E-state index in [2.05, 4.69) is 6.07 Å². The van der Waals surface area contributed by atoms with Crippen molar-refractivity contribution in [1.29, 1.82) is 5.26 Å². The summed E-state index contributed by atoms with van der Waals surface area (Å²) in [6.07, 6.45) is 0. The second-order valence-corrected chi connectivity index (χ2v) is 3.06. The molecule has 0 aliphatic heterocycles. The van der Waals surface area contributed by atoms with Gasteiger partial charge < -0.3 is 4.42 Å². The van der Waals surface area contributed by atoms with E-state index in [1.54, 1.807) is 13.0 Å². The second-order valence-electron chi connectivity index (χ2n) is 3.06. The van der Waals surface area contributed by atoms with E-state index in [-0.39, 0.29) is 0 Å². The van der Waals surface area contributed by atoms with Crippen molar-refractivity contribution in [3.05, 3.63) is 47.7 Å². The smallest absolute Gasteiger partial charge is 0.135 e. The third-order valence-corrected chi connectivity index (χ3v) is 2.10. The van der Waals surface area contributed by atoms with Gasteiger partial charge in [0, 0.05) is 11.6 Å². The van der Waals surface area contributed by atoms with Crippen molar-refractivity contribution in [2.45, 2.75) is 6.92 Å². The summed E-state index contributed by atoms with van der Waals surface area (Å²) in [6.45, 7) is 1.80. The molecule has 0 aliphatic rings. The van der Waals surface area contributed by atoms with Gasteiger partial charge in [0.1, 0.15) is 17.6 Å². The van der Waals surface area contributed by atoms with Crippen LogP contribution in [0.15, 0.2) is 40.8 Å². The maximum atomic E-state index is 8.77. The lowest BCUT2D eigenvalue weighted by Gasteiger charge is -1.93. The molecule has 1 aromatic heterocycles. The predicted molar refractivity (Wildman–Crippen MR) is 53.6 cm³/mol. The largest absolute Gasteiger partial charge is 0.460 e. The van der Waals surface area contributed by atoms with Crippen LogP contribution in [0, 0.1) is 18.3 Å². The molecule has 0 N–H and O–H groups in total. The van der Waals surface area contributed by atoms with Gasteiger partial charge in [-0.15, -0.1) is 0 Å². The Bertz CT molecular complexity index is 477. The summed E-state index contributed by atoms with van der Waals surface area (Å²) in [5.41, 5.74) is 1.60. The Balaban J connectivity index is 2.50. The van der Waals surface area contributed by atoms with Crippen molar-refractivity contribution in [2.24, 2.45) is 0 Å². The fourth-order valence-electron chi connectivity index (χ4n) is 1.34. The molecule has 0 radical (unpaired) electrons. The van der Waals surface area contributed by atoms with Gasteiger partial charge in [0.15, 0.2) is 0 Å². The van der Waals surface area contributed by atoms with Crippen LogP contribution in [-0.4, -0.2) is 0 Å². The summed E-state index contributed by atoms with van der Waals surface area (Å²) in [4.78, 5) is 0. The first kappa shape index (κ1) is 8.58. The Morgan fingerprint density at radius 3 is 2.50 bits per heavy atom. The zero-order chi connectivity index (χ0) is 9.97. The summed E-state index contributed by atoms with van der Waals surface area (Å²) in [6, 6.07) is 13.6. The van der Waals surface area contributed by atoms with Crippen molar-refractivity contribution in [3.63, 3.8) is 0 Å². The SMILES string of the molecule is Cc1oc(-c2ccccc2)cc1C#N. The minimum Gasteiger partial charge on any atom is -0.460 e. The fraction of sp³-hybridized carbons (Fsp3) is 0.0833. The summed E-state index contributed by atoms with van der Waals surface area (Å²) >= 11 is 0. The molecule has 68 valence electrons. The molecular formula is C12H9NO. The maximum absolute atomic E-state index is 8.77. The van der Waals surface area contributed by atoms with E-state index in [1.807, 2.05) is 30.3 Å². The fourth-order valence-corrected chi connectivity index (χ4v) is 1.34. The van der Waals surface area contributed by atoms with E-state index in [1.165, 1.54) is 0 Å². The summed E-state index contributed by atoms with van der Waals surface area (Å²) in [7, 11) is 0. The van der Waals surface area contributed by atoms with Crippen LogP contribution in [0.4, 0.5) is 0 Å². The molecule has 2 aromatic rings. The third-order valence-electron chi connectivity index (χ3n) is 2.10. The normalized spacial score (nSPS) is 9.71. The first-order valence-corrected chi connectivity index (χ1v) is 4.37. The van der Waals surface area contributed by atoms with Gasteiger partial charge in [-0.25, -0.2) is 0 Å². The molecule has 0 unspecified atom stereocenters. The van der Waals surface area contributed by atoms with Gasteiger partial charge >= 0.3 is 0 Å². The van der Waals surface area contributed by atoms with Gasteiger partial charge in [0.25, 0.3) is 0 Å². The average Bonchev–Trinajstić information content (AvgIpc) is 2.61. The lowest BCUT2D eigenvalue weighted by molar-refractivity contribution is 0.547. The number of benzene rings is 1. The van der Waals surface area contributed by atoms with Crippen LogP contribution < -0.4 is 0 Å². The minimum atomic E-state index is 0.601. The average molecular weight is 183 g/mol. The van der Waals surface area contributed by atoms with Crippen LogP contribution in [0.2, 0.25) is 0 Å². The minimum absolute atomic E-state index is 0.601. The molecule has 0 amide bonds. The van der Waals surface area contributed by atoms with Gasteiger partial charge in [-0.05, 0) is 6.92 Å². The Hall–Kier alpha value is -2.01. The highest BCUT2D eigenvalue weighted by atomic mass is 16.3. The first-order chi connectivity index (χ1) is 6.81. The van der Waals surface area contributed by atoms with Crippen LogP contribution in [0.3, 0.4) is 0 Å². The monoisotopic (exact) mass is 183 g/mol. The van der Waals surface area contributed by atoms with E-state index in [9.17, 15) is 0 Å². The predicted octanol–water partition coefficient (Wildman–Crippen LogP) is 3.13. The Morgan fingerprint density at radius 1 is 1.21 bits per heavy atom. The van der Waals surface area contributed by atoms with Crippen LogP contribution in [0.25, 0.3) is 11.3 Å². The quantitative estimate of drug-likeness (QED) is 0.681. The third kappa shape index (κ3) is 1.40. The number of furan rings is 1. The van der Waals surface area contributed by atoms with E-state index >= 15 is 0 Å². The molecule has 2 rings (SSSR count). The Morgan fingerprint density at radius 2 is 1.93 bits per heavy atom. The highest BCUT2D eigenvalue weighted by molar-refractivity contribution is 5.60. The van der Waals surface area contributed by atoms with Gasteiger partial charge in [0.2, 0.25) is 0 Å². The molecule has 1 heterocycles. The summed E-state index contributed by atoms with van der Waals surface area (Å²) < 4.78 is 5.47. The van der Waals surface area contributed by atoms with Gasteiger partial charge in [-0.3, -0.25) is 0 Å². The van der Waals surface area contributed by atoms with Crippen molar-refractivity contribution in [1.82, 2.24) is 0 Å². The molecule has 0 saturated carbocycles. The van der Waals surface area contributed by atoms with E-state index in [0.717, 1.165) is 11.3 Å². The van der Waals surface area contributed by atoms with Crippen molar-refractivity contribution >= 4 is 0 Å². The highest BCUT2D eigenvalue weighted by Gasteiger charge is 2.07.